The Balaban J connectivity index is 1.80. The number of terminal acetylenes is 1. The summed E-state index contributed by atoms with van der Waals surface area (Å²) in [7, 11) is 0. The fourth-order valence-corrected chi connectivity index (χ4v) is 2.50. The molecule has 0 unspecified atom stereocenters. The van der Waals surface area contributed by atoms with Gasteiger partial charge in [-0.1, -0.05) is 59.5 Å². The molecule has 2 nitrogen and oxygen atoms in total. The first-order chi connectivity index (χ1) is 10.7. The quantitative estimate of drug-likeness (QED) is 0.620. The third kappa shape index (κ3) is 5.37. The average Bonchev–Trinajstić information content (AvgIpc) is 2.48. The lowest BCUT2D eigenvalue weighted by Crippen LogP contribution is -2.12. The minimum Gasteiger partial charge on any atom is -0.364 e. The minimum absolute atomic E-state index is 0.360. The van der Waals surface area contributed by atoms with Crippen LogP contribution in [0.25, 0.3) is 0 Å². The summed E-state index contributed by atoms with van der Waals surface area (Å²) in [5.74, 6) is 2.47. The molecule has 0 bridgehead atoms. The van der Waals surface area contributed by atoms with E-state index in [1.54, 1.807) is 0 Å². The molecule has 0 aliphatic rings. The van der Waals surface area contributed by atoms with Crippen molar-refractivity contribution >= 4 is 0 Å². The van der Waals surface area contributed by atoms with Gasteiger partial charge in [-0.15, -0.1) is 6.42 Å². The van der Waals surface area contributed by atoms with Crippen LogP contribution in [-0.4, -0.2) is 6.61 Å². The van der Waals surface area contributed by atoms with Gasteiger partial charge in [0.05, 0.1) is 6.61 Å². The molecule has 0 radical (unpaired) electrons. The predicted octanol–water partition coefficient (Wildman–Crippen LogP) is 3.74. The number of hydrogen-bond donors (Lipinski definition) is 1. The van der Waals surface area contributed by atoms with Gasteiger partial charge in [-0.25, -0.2) is 0 Å². The SMILES string of the molecule is C#CCOCc1ccc(CNCc2cc(C)cc(C)c2)cc1. The molecular formula is C20H23NO. The Bertz CT molecular complexity index is 617. The molecule has 2 aromatic carbocycles. The van der Waals surface area contributed by atoms with E-state index < -0.39 is 0 Å². The Morgan fingerprint density at radius 2 is 1.50 bits per heavy atom. The lowest BCUT2D eigenvalue weighted by molar-refractivity contribution is 0.153. The van der Waals surface area contributed by atoms with Gasteiger partial charge in [0.15, 0.2) is 0 Å². The van der Waals surface area contributed by atoms with E-state index >= 15 is 0 Å². The number of nitrogens with one attached hydrogen (secondary N) is 1. The Hall–Kier alpha value is -2.08. The van der Waals surface area contributed by atoms with Gasteiger partial charge >= 0.3 is 0 Å². The largest absolute Gasteiger partial charge is 0.364 e. The van der Waals surface area contributed by atoms with Crippen molar-refractivity contribution in [3.8, 4) is 12.3 Å². The maximum absolute atomic E-state index is 5.32. The zero-order chi connectivity index (χ0) is 15.8. The molecule has 0 aliphatic heterocycles. The van der Waals surface area contributed by atoms with Crippen LogP contribution < -0.4 is 5.32 Å². The van der Waals surface area contributed by atoms with E-state index in [2.05, 4.69) is 67.5 Å². The van der Waals surface area contributed by atoms with Gasteiger partial charge in [-0.2, -0.15) is 0 Å². The maximum Gasteiger partial charge on any atom is 0.107 e. The zero-order valence-electron chi connectivity index (χ0n) is 13.4. The molecule has 0 aromatic heterocycles. The lowest BCUT2D eigenvalue weighted by atomic mass is 10.1. The van der Waals surface area contributed by atoms with Crippen molar-refractivity contribution in [1.29, 1.82) is 0 Å². The van der Waals surface area contributed by atoms with Crippen LogP contribution in [0.4, 0.5) is 0 Å². The summed E-state index contributed by atoms with van der Waals surface area (Å²) in [6, 6.07) is 15.1. The highest BCUT2D eigenvalue weighted by Crippen LogP contribution is 2.09. The second-order valence-electron chi connectivity index (χ2n) is 5.61. The van der Waals surface area contributed by atoms with Crippen LogP contribution in [0.3, 0.4) is 0 Å². The third-order valence-electron chi connectivity index (χ3n) is 3.42. The summed E-state index contributed by atoms with van der Waals surface area (Å²) in [6.07, 6.45) is 5.15. The molecule has 114 valence electrons. The maximum atomic E-state index is 5.32. The number of rotatable bonds is 7. The first-order valence-electron chi connectivity index (χ1n) is 7.54. The van der Waals surface area contributed by atoms with E-state index in [1.165, 1.54) is 22.3 Å². The fourth-order valence-electron chi connectivity index (χ4n) is 2.50. The van der Waals surface area contributed by atoms with Crippen molar-refractivity contribution in [2.75, 3.05) is 6.61 Å². The predicted molar refractivity (Wildman–Crippen MR) is 91.4 cm³/mol. The summed E-state index contributed by atoms with van der Waals surface area (Å²) >= 11 is 0. The molecule has 0 fully saturated rings. The van der Waals surface area contributed by atoms with Crippen molar-refractivity contribution in [2.24, 2.45) is 0 Å². The van der Waals surface area contributed by atoms with Gasteiger partial charge in [0.25, 0.3) is 0 Å². The average molecular weight is 293 g/mol. The Morgan fingerprint density at radius 1 is 0.909 bits per heavy atom. The van der Waals surface area contributed by atoms with Gasteiger partial charge in [0, 0.05) is 13.1 Å². The van der Waals surface area contributed by atoms with E-state index in [4.69, 9.17) is 11.2 Å². The summed E-state index contributed by atoms with van der Waals surface area (Å²) in [5, 5.41) is 3.49. The minimum atomic E-state index is 0.360. The number of aryl methyl sites for hydroxylation is 2. The molecule has 1 N–H and O–H groups in total. The summed E-state index contributed by atoms with van der Waals surface area (Å²) in [6.45, 7) is 6.95. The third-order valence-corrected chi connectivity index (χ3v) is 3.42. The zero-order valence-corrected chi connectivity index (χ0v) is 13.4. The second-order valence-corrected chi connectivity index (χ2v) is 5.61. The van der Waals surface area contributed by atoms with Gasteiger partial charge in [0.1, 0.15) is 6.61 Å². The topological polar surface area (TPSA) is 21.3 Å². The van der Waals surface area contributed by atoms with Gasteiger partial charge in [0.2, 0.25) is 0 Å². The van der Waals surface area contributed by atoms with E-state index in [0.29, 0.717) is 13.2 Å². The van der Waals surface area contributed by atoms with Gasteiger partial charge in [-0.05, 0) is 30.5 Å². The molecule has 0 heterocycles. The molecule has 0 saturated heterocycles. The molecular weight excluding hydrogens is 270 g/mol. The van der Waals surface area contributed by atoms with Crippen molar-refractivity contribution in [2.45, 2.75) is 33.5 Å². The first-order valence-corrected chi connectivity index (χ1v) is 7.54. The van der Waals surface area contributed by atoms with Crippen LogP contribution in [0.5, 0.6) is 0 Å². The van der Waals surface area contributed by atoms with Crippen molar-refractivity contribution in [3.63, 3.8) is 0 Å². The molecule has 0 amide bonds. The standard InChI is InChI=1S/C20H23NO/c1-4-9-22-15-19-7-5-18(6-8-19)13-21-14-20-11-16(2)10-17(3)12-20/h1,5-8,10-12,21H,9,13-15H2,2-3H3. The van der Waals surface area contributed by atoms with E-state index in [9.17, 15) is 0 Å². The second kappa shape index (κ2) is 8.38. The van der Waals surface area contributed by atoms with E-state index in [-0.39, 0.29) is 0 Å². The highest BCUT2D eigenvalue weighted by atomic mass is 16.5. The van der Waals surface area contributed by atoms with Crippen LogP contribution in [-0.2, 0) is 24.4 Å². The van der Waals surface area contributed by atoms with Crippen LogP contribution in [0.15, 0.2) is 42.5 Å². The Labute approximate surface area is 133 Å². The van der Waals surface area contributed by atoms with Crippen molar-refractivity contribution in [1.82, 2.24) is 5.32 Å². The number of hydrogen-bond acceptors (Lipinski definition) is 2. The molecule has 0 spiro atoms. The smallest absolute Gasteiger partial charge is 0.107 e. The lowest BCUT2D eigenvalue weighted by Gasteiger charge is -2.08. The summed E-state index contributed by atoms with van der Waals surface area (Å²) in [5.41, 5.74) is 6.37. The Kier molecular flexibility index (Phi) is 6.21. The molecule has 2 rings (SSSR count). The first kappa shape index (κ1) is 16.3. The highest BCUT2D eigenvalue weighted by Gasteiger charge is 1.98. The summed E-state index contributed by atoms with van der Waals surface area (Å²) in [4.78, 5) is 0. The monoisotopic (exact) mass is 293 g/mol. The number of benzene rings is 2. The van der Waals surface area contributed by atoms with Crippen LogP contribution >= 0.6 is 0 Å². The summed E-state index contributed by atoms with van der Waals surface area (Å²) < 4.78 is 5.32. The normalized spacial score (nSPS) is 10.4. The molecule has 22 heavy (non-hydrogen) atoms. The number of ether oxygens (including phenoxy) is 1. The van der Waals surface area contributed by atoms with Crippen molar-refractivity contribution < 1.29 is 4.74 Å². The van der Waals surface area contributed by atoms with Gasteiger partial charge < -0.3 is 10.1 Å². The van der Waals surface area contributed by atoms with Gasteiger partial charge in [-0.3, -0.25) is 0 Å². The van der Waals surface area contributed by atoms with E-state index in [1.807, 2.05) is 0 Å². The van der Waals surface area contributed by atoms with Crippen LogP contribution in [0.1, 0.15) is 27.8 Å². The van der Waals surface area contributed by atoms with E-state index in [0.717, 1.165) is 18.7 Å². The van der Waals surface area contributed by atoms with Crippen LogP contribution in [0.2, 0.25) is 0 Å². The molecule has 0 saturated carbocycles. The molecule has 2 heteroatoms. The molecule has 0 atom stereocenters. The fraction of sp³-hybridized carbons (Fsp3) is 0.300. The Morgan fingerprint density at radius 3 is 2.14 bits per heavy atom. The molecule has 2 aromatic rings. The van der Waals surface area contributed by atoms with Crippen molar-refractivity contribution in [3.05, 3.63) is 70.3 Å². The molecule has 0 aliphatic carbocycles. The van der Waals surface area contributed by atoms with Crippen LogP contribution in [0, 0.1) is 26.2 Å². The highest BCUT2D eigenvalue weighted by molar-refractivity contribution is 5.28.